The van der Waals surface area contributed by atoms with Gasteiger partial charge in [0.2, 0.25) is 0 Å². The summed E-state index contributed by atoms with van der Waals surface area (Å²) in [5.74, 6) is -1.50. The number of carboxylic acids is 1. The molecule has 0 saturated heterocycles. The van der Waals surface area contributed by atoms with Crippen molar-refractivity contribution in [3.8, 4) is 0 Å². The van der Waals surface area contributed by atoms with Crippen LogP contribution in [0.2, 0.25) is 0 Å². The first-order chi connectivity index (χ1) is 31.1. The standard InChI is InChI=1S/C56H97NO7/c1-6-8-10-12-14-16-18-20-22-24-26-28-30-32-34-36-38-40-42-44-46-54(58)63-51-52(50-62-49-48-53(56(60)61)57(3,4)5)64-55(59)47-45-43-41-39-37-35-33-31-29-27-25-23-21-19-17-15-13-11-9-7-2/h8,10,14,16,20,22,26-29,32,34,52-53H,6-7,9,11-13,15,17-19,21,23-25,30-31,33,35-51H2,1-5H3/p+1/b10-8+,16-14+,22-20+,28-26+,29-27+,34-32+. The van der Waals surface area contributed by atoms with E-state index in [0.29, 0.717) is 19.3 Å². The lowest BCUT2D eigenvalue weighted by Crippen LogP contribution is -2.50. The molecule has 0 aromatic rings. The Kier molecular flexibility index (Phi) is 44.0. The van der Waals surface area contributed by atoms with Gasteiger partial charge in [-0.05, 0) is 83.5 Å². The fraction of sp³-hybridized carbons (Fsp3) is 0.732. The highest BCUT2D eigenvalue weighted by molar-refractivity contribution is 5.72. The molecule has 368 valence electrons. The first kappa shape index (κ1) is 60.8. The normalized spacial score (nSPS) is 13.5. The van der Waals surface area contributed by atoms with Crippen molar-refractivity contribution in [2.75, 3.05) is 41.0 Å². The molecule has 0 aromatic carbocycles. The zero-order valence-corrected chi connectivity index (χ0v) is 42.0. The number of esters is 2. The van der Waals surface area contributed by atoms with E-state index in [1.54, 1.807) is 0 Å². The number of quaternary nitrogens is 1. The Hall–Kier alpha value is -3.23. The average molecular weight is 897 g/mol. The third-order valence-electron chi connectivity index (χ3n) is 11.3. The molecule has 0 amide bonds. The quantitative estimate of drug-likeness (QED) is 0.0281. The number of hydrogen-bond acceptors (Lipinski definition) is 6. The second-order valence-corrected chi connectivity index (χ2v) is 18.4. The van der Waals surface area contributed by atoms with Crippen LogP contribution in [-0.4, -0.2) is 80.6 Å². The number of hydrogen-bond donors (Lipinski definition) is 1. The van der Waals surface area contributed by atoms with E-state index in [0.717, 1.165) is 83.5 Å². The predicted octanol–water partition coefficient (Wildman–Crippen LogP) is 15.1. The van der Waals surface area contributed by atoms with E-state index >= 15 is 0 Å². The lowest BCUT2D eigenvalue weighted by Gasteiger charge is -2.31. The minimum absolute atomic E-state index is 0.0484. The lowest BCUT2D eigenvalue weighted by atomic mass is 10.1. The summed E-state index contributed by atoms with van der Waals surface area (Å²) in [6, 6.07) is -0.623. The van der Waals surface area contributed by atoms with Crippen LogP contribution in [0.4, 0.5) is 0 Å². The number of likely N-dealkylation sites (N-methyl/N-ethyl adjacent to an activating group) is 1. The minimum atomic E-state index is -0.880. The van der Waals surface area contributed by atoms with E-state index in [-0.39, 0.29) is 36.2 Å². The van der Waals surface area contributed by atoms with E-state index in [2.05, 4.69) is 86.8 Å². The van der Waals surface area contributed by atoms with Crippen molar-refractivity contribution in [2.24, 2.45) is 0 Å². The van der Waals surface area contributed by atoms with Gasteiger partial charge >= 0.3 is 17.9 Å². The van der Waals surface area contributed by atoms with Gasteiger partial charge in [-0.3, -0.25) is 9.59 Å². The van der Waals surface area contributed by atoms with Crippen molar-refractivity contribution in [1.29, 1.82) is 0 Å². The molecule has 8 nitrogen and oxygen atoms in total. The molecular formula is C56H98NO7+. The van der Waals surface area contributed by atoms with Gasteiger partial charge in [0.25, 0.3) is 0 Å². The molecule has 0 radical (unpaired) electrons. The summed E-state index contributed by atoms with van der Waals surface area (Å²) in [5, 5.41) is 9.66. The summed E-state index contributed by atoms with van der Waals surface area (Å²) < 4.78 is 17.3. The molecule has 0 heterocycles. The molecule has 0 aliphatic heterocycles. The fourth-order valence-corrected chi connectivity index (χ4v) is 7.35. The number of ether oxygens (including phenoxy) is 3. The largest absolute Gasteiger partial charge is 0.477 e. The molecule has 8 heteroatoms. The topological polar surface area (TPSA) is 99.1 Å². The number of carboxylic acid groups (broad SMARTS) is 1. The summed E-state index contributed by atoms with van der Waals surface area (Å²) in [5.41, 5.74) is 0. The number of carbonyl (C=O) groups is 3. The molecule has 2 atom stereocenters. The third-order valence-corrected chi connectivity index (χ3v) is 11.3. The van der Waals surface area contributed by atoms with Crippen LogP contribution in [0.25, 0.3) is 0 Å². The van der Waals surface area contributed by atoms with Crippen LogP contribution in [0.15, 0.2) is 72.9 Å². The summed E-state index contributed by atoms with van der Waals surface area (Å²) in [6.45, 7) is 4.60. The van der Waals surface area contributed by atoms with Gasteiger partial charge in [-0.2, -0.15) is 0 Å². The number of aliphatic carboxylic acids is 1. The highest BCUT2D eigenvalue weighted by atomic mass is 16.6. The van der Waals surface area contributed by atoms with Crippen LogP contribution in [0.3, 0.4) is 0 Å². The van der Waals surface area contributed by atoms with Crippen molar-refractivity contribution in [3.63, 3.8) is 0 Å². The zero-order valence-electron chi connectivity index (χ0n) is 42.0. The van der Waals surface area contributed by atoms with Crippen LogP contribution >= 0.6 is 0 Å². The maximum atomic E-state index is 12.8. The van der Waals surface area contributed by atoms with E-state index in [9.17, 15) is 19.5 Å². The lowest BCUT2D eigenvalue weighted by molar-refractivity contribution is -0.887. The van der Waals surface area contributed by atoms with Crippen LogP contribution in [0, 0.1) is 0 Å². The molecule has 0 aliphatic rings. The summed E-state index contributed by atoms with van der Waals surface area (Å²) in [6.07, 6.45) is 59.5. The molecule has 1 N–H and O–H groups in total. The van der Waals surface area contributed by atoms with Crippen molar-refractivity contribution < 1.29 is 38.2 Å². The number of unbranched alkanes of at least 4 members (excludes halogenated alkanes) is 20. The molecule has 0 rings (SSSR count). The van der Waals surface area contributed by atoms with Crippen LogP contribution in [0.1, 0.15) is 213 Å². The van der Waals surface area contributed by atoms with Gasteiger partial charge in [0.15, 0.2) is 12.1 Å². The Morgan fingerprint density at radius 1 is 0.484 bits per heavy atom. The van der Waals surface area contributed by atoms with Gasteiger partial charge in [0.05, 0.1) is 34.4 Å². The second-order valence-electron chi connectivity index (χ2n) is 18.4. The molecule has 2 unspecified atom stereocenters. The van der Waals surface area contributed by atoms with E-state index in [1.165, 1.54) is 96.3 Å². The summed E-state index contributed by atoms with van der Waals surface area (Å²) >= 11 is 0. The van der Waals surface area contributed by atoms with Gasteiger partial charge in [-0.25, -0.2) is 4.79 Å². The van der Waals surface area contributed by atoms with Crippen molar-refractivity contribution in [2.45, 2.75) is 225 Å². The Bertz CT molecular complexity index is 1270. The predicted molar refractivity (Wildman–Crippen MR) is 270 cm³/mol. The fourth-order valence-electron chi connectivity index (χ4n) is 7.35. The maximum Gasteiger partial charge on any atom is 0.362 e. The molecular weight excluding hydrogens is 799 g/mol. The van der Waals surface area contributed by atoms with E-state index in [4.69, 9.17) is 14.2 Å². The van der Waals surface area contributed by atoms with Gasteiger partial charge < -0.3 is 23.8 Å². The SMILES string of the molecule is CC/C=C/C/C=C/C/C=C/C/C=C/C/C=C/CCCCCCC(=O)OCC(COCCC(C(=O)O)[N+](C)(C)C)OC(=O)CCCCCCCCC/C=C/CCCCCCCCCCC. The molecule has 0 saturated carbocycles. The Morgan fingerprint density at radius 3 is 1.31 bits per heavy atom. The molecule has 0 fully saturated rings. The Labute approximate surface area is 393 Å². The number of nitrogens with zero attached hydrogens (tertiary/aromatic N) is 1. The zero-order chi connectivity index (χ0) is 47.0. The number of rotatable bonds is 46. The first-order valence-electron chi connectivity index (χ1n) is 26.0. The third kappa shape index (κ3) is 44.0. The van der Waals surface area contributed by atoms with Gasteiger partial charge in [0.1, 0.15) is 6.61 Å². The van der Waals surface area contributed by atoms with Crippen molar-refractivity contribution in [3.05, 3.63) is 72.9 Å². The van der Waals surface area contributed by atoms with Crippen LogP contribution in [-0.2, 0) is 28.6 Å². The molecule has 0 aromatic heterocycles. The second kappa shape index (κ2) is 46.3. The molecule has 0 aliphatic carbocycles. The van der Waals surface area contributed by atoms with Crippen LogP contribution in [0.5, 0.6) is 0 Å². The molecule has 64 heavy (non-hydrogen) atoms. The van der Waals surface area contributed by atoms with Crippen LogP contribution < -0.4 is 0 Å². The molecule has 0 bridgehead atoms. The first-order valence-corrected chi connectivity index (χ1v) is 26.0. The molecule has 0 spiro atoms. The van der Waals surface area contributed by atoms with Gasteiger partial charge in [-0.15, -0.1) is 0 Å². The van der Waals surface area contributed by atoms with Crippen molar-refractivity contribution in [1.82, 2.24) is 0 Å². The highest BCUT2D eigenvalue weighted by Crippen LogP contribution is 2.15. The summed E-state index contributed by atoms with van der Waals surface area (Å²) in [7, 11) is 5.52. The van der Waals surface area contributed by atoms with Crippen molar-refractivity contribution >= 4 is 17.9 Å². The number of allylic oxidation sites excluding steroid dienone is 12. The minimum Gasteiger partial charge on any atom is -0.477 e. The Morgan fingerprint density at radius 2 is 0.875 bits per heavy atom. The number of carbonyl (C=O) groups excluding carboxylic acids is 2. The van der Waals surface area contributed by atoms with E-state index in [1.807, 2.05) is 21.1 Å². The summed E-state index contributed by atoms with van der Waals surface area (Å²) in [4.78, 5) is 37.2. The van der Waals surface area contributed by atoms with E-state index < -0.39 is 18.1 Å². The van der Waals surface area contributed by atoms with Gasteiger partial charge in [0, 0.05) is 19.3 Å². The Balaban J connectivity index is 4.31. The average Bonchev–Trinajstić information content (AvgIpc) is 3.26. The highest BCUT2D eigenvalue weighted by Gasteiger charge is 2.31. The monoisotopic (exact) mass is 897 g/mol. The maximum absolute atomic E-state index is 12.8. The van der Waals surface area contributed by atoms with Gasteiger partial charge in [-0.1, -0.05) is 183 Å². The smallest absolute Gasteiger partial charge is 0.362 e.